The second-order valence-corrected chi connectivity index (χ2v) is 3.27. The van der Waals surface area contributed by atoms with E-state index in [1.807, 2.05) is 0 Å². The lowest BCUT2D eigenvalue weighted by Crippen LogP contribution is -2.58. The number of nitrogens with two attached hydrogens (primary N) is 1. The Labute approximate surface area is 82.8 Å². The van der Waals surface area contributed by atoms with Crippen LogP contribution in [0.2, 0.25) is 0 Å². The minimum atomic E-state index is -0.402. The van der Waals surface area contributed by atoms with Gasteiger partial charge >= 0.3 is 0 Å². The Kier molecular flexibility index (Phi) is 3.84. The molecule has 1 atom stereocenters. The van der Waals surface area contributed by atoms with Crippen molar-refractivity contribution < 1.29 is 9.59 Å². The summed E-state index contributed by atoms with van der Waals surface area (Å²) in [7, 11) is 1.58. The van der Waals surface area contributed by atoms with Crippen LogP contribution in [0.3, 0.4) is 0 Å². The summed E-state index contributed by atoms with van der Waals surface area (Å²) >= 11 is 0. The molecular weight excluding hydrogens is 184 g/mol. The van der Waals surface area contributed by atoms with Gasteiger partial charge in [-0.2, -0.15) is 0 Å². The summed E-state index contributed by atoms with van der Waals surface area (Å²) in [6.45, 7) is 2.15. The largest absolute Gasteiger partial charge is 0.369 e. The lowest BCUT2D eigenvalue weighted by Gasteiger charge is -2.33. The zero-order valence-electron chi connectivity index (χ0n) is 8.25. The van der Waals surface area contributed by atoms with Gasteiger partial charge < -0.3 is 16.4 Å². The van der Waals surface area contributed by atoms with Crippen molar-refractivity contribution in [2.24, 2.45) is 5.73 Å². The van der Waals surface area contributed by atoms with Crippen LogP contribution >= 0.6 is 0 Å². The average molecular weight is 200 g/mol. The van der Waals surface area contributed by atoms with Crippen molar-refractivity contribution in [2.75, 3.05) is 33.2 Å². The second kappa shape index (κ2) is 4.92. The second-order valence-electron chi connectivity index (χ2n) is 3.27. The van der Waals surface area contributed by atoms with Crippen LogP contribution in [0.1, 0.15) is 0 Å². The van der Waals surface area contributed by atoms with Gasteiger partial charge in [0.1, 0.15) is 6.04 Å². The van der Waals surface area contributed by atoms with Gasteiger partial charge in [0.05, 0.1) is 6.54 Å². The first-order valence-corrected chi connectivity index (χ1v) is 4.60. The van der Waals surface area contributed by atoms with E-state index in [2.05, 4.69) is 10.6 Å². The van der Waals surface area contributed by atoms with Crippen LogP contribution < -0.4 is 16.4 Å². The molecule has 14 heavy (non-hydrogen) atoms. The van der Waals surface area contributed by atoms with E-state index in [1.54, 1.807) is 11.9 Å². The van der Waals surface area contributed by atoms with Gasteiger partial charge in [-0.15, -0.1) is 0 Å². The van der Waals surface area contributed by atoms with Crippen LogP contribution in [0.15, 0.2) is 0 Å². The molecule has 6 heteroatoms. The smallest absolute Gasteiger partial charge is 0.238 e. The molecule has 0 aromatic carbocycles. The molecule has 1 saturated heterocycles. The zero-order chi connectivity index (χ0) is 10.6. The molecule has 1 fully saturated rings. The van der Waals surface area contributed by atoms with E-state index < -0.39 is 5.91 Å². The van der Waals surface area contributed by atoms with E-state index in [0.717, 1.165) is 6.54 Å². The first-order valence-electron chi connectivity index (χ1n) is 4.60. The molecule has 1 aliphatic rings. The standard InChI is InChI=1S/C8H16N4O2/c1-10-8(14)6-4-11-2-3-12(6)5-7(9)13/h6,11H,2-5H2,1H3,(H2,9,13)(H,10,14). The molecule has 0 bridgehead atoms. The zero-order valence-corrected chi connectivity index (χ0v) is 8.25. The minimum Gasteiger partial charge on any atom is -0.369 e. The maximum Gasteiger partial charge on any atom is 0.238 e. The van der Waals surface area contributed by atoms with Crippen molar-refractivity contribution in [1.29, 1.82) is 0 Å². The molecule has 1 rings (SSSR count). The monoisotopic (exact) mass is 200 g/mol. The summed E-state index contributed by atoms with van der Waals surface area (Å²) in [5.74, 6) is -0.487. The number of amides is 2. The number of likely N-dealkylation sites (N-methyl/N-ethyl adjacent to an activating group) is 1. The number of nitrogens with zero attached hydrogens (tertiary/aromatic N) is 1. The summed E-state index contributed by atoms with van der Waals surface area (Å²) < 4.78 is 0. The molecule has 80 valence electrons. The van der Waals surface area contributed by atoms with Gasteiger partial charge in [0.25, 0.3) is 0 Å². The number of hydrogen-bond donors (Lipinski definition) is 3. The number of nitrogens with one attached hydrogen (secondary N) is 2. The Hall–Kier alpha value is -1.14. The van der Waals surface area contributed by atoms with Crippen LogP contribution in [-0.2, 0) is 9.59 Å². The summed E-state index contributed by atoms with van der Waals surface area (Å²) in [6, 6.07) is -0.291. The van der Waals surface area contributed by atoms with Crippen molar-refractivity contribution in [1.82, 2.24) is 15.5 Å². The van der Waals surface area contributed by atoms with Crippen LogP contribution in [0.25, 0.3) is 0 Å². The predicted octanol–water partition coefficient (Wildman–Crippen LogP) is -2.51. The molecule has 1 unspecified atom stereocenters. The fraction of sp³-hybridized carbons (Fsp3) is 0.750. The molecule has 0 aromatic heterocycles. The Bertz CT molecular complexity index is 231. The summed E-state index contributed by atoms with van der Waals surface area (Å²) in [5, 5.41) is 5.66. The third kappa shape index (κ3) is 2.68. The predicted molar refractivity (Wildman–Crippen MR) is 51.5 cm³/mol. The third-order valence-electron chi connectivity index (χ3n) is 2.26. The van der Waals surface area contributed by atoms with Crippen molar-refractivity contribution in [3.8, 4) is 0 Å². The highest BCUT2D eigenvalue weighted by atomic mass is 16.2. The number of carbonyl (C=O) groups is 2. The first-order chi connectivity index (χ1) is 6.65. The van der Waals surface area contributed by atoms with Crippen LogP contribution in [0.4, 0.5) is 0 Å². The number of piperazine rings is 1. The Morgan fingerprint density at radius 1 is 1.64 bits per heavy atom. The highest BCUT2D eigenvalue weighted by molar-refractivity contribution is 5.83. The maximum absolute atomic E-state index is 11.4. The molecule has 0 spiro atoms. The summed E-state index contributed by atoms with van der Waals surface area (Å²) in [4.78, 5) is 24.0. The van der Waals surface area contributed by atoms with Crippen molar-refractivity contribution in [3.05, 3.63) is 0 Å². The summed E-state index contributed by atoms with van der Waals surface area (Å²) in [6.07, 6.45) is 0. The normalized spacial score (nSPS) is 23.1. The Morgan fingerprint density at radius 3 is 2.93 bits per heavy atom. The minimum absolute atomic E-state index is 0.0848. The number of rotatable bonds is 3. The molecule has 0 aliphatic carbocycles. The Morgan fingerprint density at radius 2 is 2.36 bits per heavy atom. The number of carbonyl (C=O) groups excluding carboxylic acids is 2. The van der Waals surface area contributed by atoms with Crippen molar-refractivity contribution in [2.45, 2.75) is 6.04 Å². The van der Waals surface area contributed by atoms with Crippen LogP contribution in [0.5, 0.6) is 0 Å². The lowest BCUT2D eigenvalue weighted by molar-refractivity contribution is -0.128. The van der Waals surface area contributed by atoms with E-state index in [4.69, 9.17) is 5.73 Å². The van der Waals surface area contributed by atoms with Crippen molar-refractivity contribution in [3.63, 3.8) is 0 Å². The number of primary amides is 1. The van der Waals surface area contributed by atoms with E-state index in [9.17, 15) is 9.59 Å². The Balaban J connectivity index is 2.58. The first kappa shape index (κ1) is 10.9. The van der Waals surface area contributed by atoms with E-state index in [-0.39, 0.29) is 18.5 Å². The van der Waals surface area contributed by atoms with Gasteiger partial charge in [0.2, 0.25) is 11.8 Å². The molecular formula is C8H16N4O2. The quantitative estimate of drug-likeness (QED) is 0.469. The van der Waals surface area contributed by atoms with Crippen LogP contribution in [0, 0.1) is 0 Å². The third-order valence-corrected chi connectivity index (χ3v) is 2.26. The molecule has 6 nitrogen and oxygen atoms in total. The van der Waals surface area contributed by atoms with Gasteiger partial charge in [-0.1, -0.05) is 0 Å². The number of hydrogen-bond acceptors (Lipinski definition) is 4. The highest BCUT2D eigenvalue weighted by Crippen LogP contribution is 2.02. The van der Waals surface area contributed by atoms with Gasteiger partial charge in [-0.05, 0) is 0 Å². The molecule has 1 heterocycles. The van der Waals surface area contributed by atoms with E-state index in [0.29, 0.717) is 13.1 Å². The molecule has 2 amide bonds. The summed E-state index contributed by atoms with van der Waals surface area (Å²) in [5.41, 5.74) is 5.09. The fourth-order valence-electron chi connectivity index (χ4n) is 1.56. The van der Waals surface area contributed by atoms with Crippen molar-refractivity contribution >= 4 is 11.8 Å². The topological polar surface area (TPSA) is 87.5 Å². The molecule has 0 saturated carbocycles. The van der Waals surface area contributed by atoms with E-state index in [1.165, 1.54) is 0 Å². The lowest BCUT2D eigenvalue weighted by atomic mass is 10.2. The van der Waals surface area contributed by atoms with Gasteiger partial charge in [-0.25, -0.2) is 0 Å². The molecule has 0 aromatic rings. The van der Waals surface area contributed by atoms with Gasteiger partial charge in [-0.3, -0.25) is 14.5 Å². The molecule has 0 radical (unpaired) electrons. The molecule has 1 aliphatic heterocycles. The van der Waals surface area contributed by atoms with Gasteiger partial charge in [0.15, 0.2) is 0 Å². The fourth-order valence-corrected chi connectivity index (χ4v) is 1.56. The SMILES string of the molecule is CNC(=O)C1CNCCN1CC(N)=O. The van der Waals surface area contributed by atoms with E-state index >= 15 is 0 Å². The molecule has 4 N–H and O–H groups in total. The highest BCUT2D eigenvalue weighted by Gasteiger charge is 2.28. The van der Waals surface area contributed by atoms with Crippen LogP contribution in [-0.4, -0.2) is 56.0 Å². The average Bonchev–Trinajstić information content (AvgIpc) is 2.16. The maximum atomic E-state index is 11.4. The van der Waals surface area contributed by atoms with Gasteiger partial charge in [0, 0.05) is 26.7 Å².